The third kappa shape index (κ3) is 4.58. The Bertz CT molecular complexity index is 267. The minimum Gasteiger partial charge on any atom is -0.465 e. The molecule has 0 aliphatic heterocycles. The fourth-order valence-corrected chi connectivity index (χ4v) is 2.16. The Hall–Kier alpha value is -0.610. The fourth-order valence-electron chi connectivity index (χ4n) is 2.16. The fraction of sp³-hybridized carbons (Fsp3) is 0.929. The predicted molar refractivity (Wildman–Crippen MR) is 73.6 cm³/mol. The lowest BCUT2D eigenvalue weighted by Crippen LogP contribution is -2.48. The molecule has 1 aliphatic carbocycles. The number of hydrogen-bond donors (Lipinski definition) is 1. The lowest BCUT2D eigenvalue weighted by molar-refractivity contribution is -0.150. The highest BCUT2D eigenvalue weighted by atomic mass is 16.5. The summed E-state index contributed by atoms with van der Waals surface area (Å²) in [6.45, 7) is 5.35. The summed E-state index contributed by atoms with van der Waals surface area (Å²) in [5.41, 5.74) is -0.534. The average molecular weight is 256 g/mol. The van der Waals surface area contributed by atoms with E-state index in [1.807, 2.05) is 20.9 Å². The quantitative estimate of drug-likeness (QED) is 0.504. The molecule has 0 aromatic carbocycles. The van der Waals surface area contributed by atoms with Crippen molar-refractivity contribution >= 4 is 5.97 Å². The second-order valence-corrected chi connectivity index (χ2v) is 5.47. The highest BCUT2D eigenvalue weighted by Gasteiger charge is 2.32. The molecule has 1 rings (SSSR count). The van der Waals surface area contributed by atoms with Crippen molar-refractivity contribution in [3.8, 4) is 0 Å². The van der Waals surface area contributed by atoms with E-state index in [9.17, 15) is 4.79 Å². The van der Waals surface area contributed by atoms with Crippen LogP contribution in [0.25, 0.3) is 0 Å². The monoisotopic (exact) mass is 256 g/mol. The first kappa shape index (κ1) is 15.4. The van der Waals surface area contributed by atoms with Crippen LogP contribution in [0.1, 0.15) is 46.0 Å². The molecule has 0 radical (unpaired) electrons. The zero-order valence-corrected chi connectivity index (χ0v) is 12.3. The molecule has 1 unspecified atom stereocenters. The molecule has 1 atom stereocenters. The first-order valence-electron chi connectivity index (χ1n) is 7.10. The lowest BCUT2D eigenvalue weighted by atomic mass is 9.95. The Kier molecular flexibility index (Phi) is 6.09. The molecular weight excluding hydrogens is 228 g/mol. The van der Waals surface area contributed by atoms with Crippen LogP contribution in [-0.2, 0) is 9.53 Å². The third-order valence-corrected chi connectivity index (χ3v) is 3.89. The first-order valence-corrected chi connectivity index (χ1v) is 7.10. The Morgan fingerprint density at radius 3 is 2.61 bits per heavy atom. The van der Waals surface area contributed by atoms with Crippen molar-refractivity contribution in [1.29, 1.82) is 0 Å². The van der Waals surface area contributed by atoms with Crippen molar-refractivity contribution in [2.24, 2.45) is 0 Å². The van der Waals surface area contributed by atoms with Gasteiger partial charge < -0.3 is 15.0 Å². The van der Waals surface area contributed by atoms with E-state index in [4.69, 9.17) is 4.74 Å². The number of likely N-dealkylation sites (N-methyl/N-ethyl adjacent to an activating group) is 1. The zero-order valence-electron chi connectivity index (χ0n) is 12.3. The smallest absolute Gasteiger partial charge is 0.326 e. The number of unbranched alkanes of at least 4 members (excludes halogenated alkanes) is 1. The predicted octanol–water partition coefficient (Wildman–Crippen LogP) is 1.79. The molecule has 0 aromatic heterocycles. The highest BCUT2D eigenvalue weighted by Crippen LogP contribution is 2.25. The van der Waals surface area contributed by atoms with Gasteiger partial charge in [0, 0.05) is 6.04 Å². The summed E-state index contributed by atoms with van der Waals surface area (Å²) in [6.07, 6.45) is 5.73. The molecule has 0 spiro atoms. The van der Waals surface area contributed by atoms with Crippen molar-refractivity contribution in [2.75, 3.05) is 27.2 Å². The summed E-state index contributed by atoms with van der Waals surface area (Å²) < 4.78 is 5.11. The molecule has 1 N–H and O–H groups in total. The molecule has 0 amide bonds. The van der Waals surface area contributed by atoms with Crippen molar-refractivity contribution in [2.45, 2.75) is 57.5 Å². The second-order valence-electron chi connectivity index (χ2n) is 5.47. The molecule has 106 valence electrons. The molecule has 1 aliphatic rings. The van der Waals surface area contributed by atoms with Gasteiger partial charge in [0.05, 0.1) is 6.61 Å². The third-order valence-electron chi connectivity index (χ3n) is 3.89. The van der Waals surface area contributed by atoms with E-state index in [0.29, 0.717) is 6.61 Å². The van der Waals surface area contributed by atoms with E-state index < -0.39 is 5.54 Å². The van der Waals surface area contributed by atoms with Crippen LogP contribution in [0.15, 0.2) is 0 Å². The molecule has 0 aromatic rings. The van der Waals surface area contributed by atoms with Crippen LogP contribution < -0.4 is 5.32 Å². The van der Waals surface area contributed by atoms with Gasteiger partial charge in [-0.15, -0.1) is 0 Å². The summed E-state index contributed by atoms with van der Waals surface area (Å²) in [5, 5.41) is 3.10. The maximum Gasteiger partial charge on any atom is 0.326 e. The Balaban J connectivity index is 2.23. The zero-order chi connectivity index (χ0) is 13.6. The number of nitrogens with one attached hydrogen (secondary N) is 1. The van der Waals surface area contributed by atoms with Gasteiger partial charge in [-0.05, 0) is 66.6 Å². The van der Waals surface area contributed by atoms with Gasteiger partial charge in [0.25, 0.3) is 0 Å². The van der Waals surface area contributed by atoms with Crippen LogP contribution in [0.5, 0.6) is 0 Å². The van der Waals surface area contributed by atoms with Crippen LogP contribution in [0.3, 0.4) is 0 Å². The molecule has 4 nitrogen and oxygen atoms in total. The minimum atomic E-state index is -0.534. The number of carbonyl (C=O) groups excluding carboxylic acids is 1. The van der Waals surface area contributed by atoms with Gasteiger partial charge in [-0.2, -0.15) is 0 Å². The minimum absolute atomic E-state index is 0.136. The topological polar surface area (TPSA) is 41.6 Å². The number of hydrogen-bond acceptors (Lipinski definition) is 4. The molecule has 0 bridgehead atoms. The molecule has 1 fully saturated rings. The molecule has 4 heteroatoms. The van der Waals surface area contributed by atoms with E-state index in [2.05, 4.69) is 17.3 Å². The summed E-state index contributed by atoms with van der Waals surface area (Å²) in [5.74, 6) is -0.136. The summed E-state index contributed by atoms with van der Waals surface area (Å²) in [7, 11) is 4.02. The van der Waals surface area contributed by atoms with Crippen LogP contribution in [-0.4, -0.2) is 49.7 Å². The molecule has 18 heavy (non-hydrogen) atoms. The van der Waals surface area contributed by atoms with Crippen molar-refractivity contribution in [3.63, 3.8) is 0 Å². The van der Waals surface area contributed by atoms with E-state index in [-0.39, 0.29) is 5.97 Å². The number of carbonyl (C=O) groups is 1. The Morgan fingerprint density at radius 2 is 2.11 bits per heavy atom. The van der Waals surface area contributed by atoms with Gasteiger partial charge in [0.15, 0.2) is 0 Å². The second kappa shape index (κ2) is 7.10. The molecular formula is C14H28N2O2. The van der Waals surface area contributed by atoms with Gasteiger partial charge in [0.2, 0.25) is 0 Å². The van der Waals surface area contributed by atoms with Crippen LogP contribution in [0.4, 0.5) is 0 Å². The lowest BCUT2D eigenvalue weighted by Gasteiger charge is -2.27. The highest BCUT2D eigenvalue weighted by molar-refractivity contribution is 5.80. The van der Waals surface area contributed by atoms with Gasteiger partial charge in [0.1, 0.15) is 5.54 Å². The van der Waals surface area contributed by atoms with Crippen molar-refractivity contribution in [3.05, 3.63) is 0 Å². The number of ether oxygens (including phenoxy) is 1. The van der Waals surface area contributed by atoms with Crippen LogP contribution >= 0.6 is 0 Å². The molecule has 1 saturated carbocycles. The SMILES string of the molecule is CCOC(=O)C(C)(CCCCN(C)C1CC1)NC. The standard InChI is InChI=1S/C14H28N2O2/c1-5-18-13(17)14(2,15-3)10-6-7-11-16(4)12-8-9-12/h12,15H,5-11H2,1-4H3. The maximum atomic E-state index is 11.8. The maximum absolute atomic E-state index is 11.8. The van der Waals surface area contributed by atoms with Crippen LogP contribution in [0, 0.1) is 0 Å². The van der Waals surface area contributed by atoms with Gasteiger partial charge in [-0.1, -0.05) is 0 Å². The van der Waals surface area contributed by atoms with Crippen molar-refractivity contribution < 1.29 is 9.53 Å². The Labute approximate surface area is 111 Å². The summed E-state index contributed by atoms with van der Waals surface area (Å²) in [6, 6.07) is 0.825. The summed E-state index contributed by atoms with van der Waals surface area (Å²) in [4.78, 5) is 14.3. The molecule has 0 heterocycles. The molecule has 0 saturated heterocycles. The van der Waals surface area contributed by atoms with Gasteiger partial charge >= 0.3 is 5.97 Å². The normalized spacial score (nSPS) is 18.7. The number of esters is 1. The van der Waals surface area contributed by atoms with E-state index in [1.165, 1.54) is 12.8 Å². The first-order chi connectivity index (χ1) is 8.53. The Morgan fingerprint density at radius 1 is 1.44 bits per heavy atom. The van der Waals surface area contributed by atoms with E-state index >= 15 is 0 Å². The van der Waals surface area contributed by atoms with Gasteiger partial charge in [-0.3, -0.25) is 4.79 Å². The van der Waals surface area contributed by atoms with Crippen LogP contribution in [0.2, 0.25) is 0 Å². The average Bonchev–Trinajstić information content (AvgIpc) is 3.18. The largest absolute Gasteiger partial charge is 0.465 e. The van der Waals surface area contributed by atoms with Crippen molar-refractivity contribution in [1.82, 2.24) is 10.2 Å². The number of rotatable bonds is 9. The van der Waals surface area contributed by atoms with E-state index in [1.54, 1.807) is 0 Å². The summed E-state index contributed by atoms with van der Waals surface area (Å²) >= 11 is 0. The van der Waals surface area contributed by atoms with E-state index in [0.717, 1.165) is 31.8 Å². The number of nitrogens with zero attached hydrogens (tertiary/aromatic N) is 1. The van der Waals surface area contributed by atoms with Gasteiger partial charge in [-0.25, -0.2) is 0 Å².